The second-order valence-corrected chi connectivity index (χ2v) is 6.43. The number of aromatic nitrogens is 3. The average Bonchev–Trinajstić information content (AvgIpc) is 3.03. The number of H-pyrrole nitrogens is 2. The van der Waals surface area contributed by atoms with E-state index in [0.717, 1.165) is 9.35 Å². The molecule has 0 aliphatic heterocycles. The summed E-state index contributed by atoms with van der Waals surface area (Å²) in [5.41, 5.74) is 1.53. The van der Waals surface area contributed by atoms with Gasteiger partial charge in [-0.25, -0.2) is 4.98 Å². The quantitative estimate of drug-likeness (QED) is 0.673. The van der Waals surface area contributed by atoms with Crippen molar-refractivity contribution < 1.29 is 4.79 Å². The first-order chi connectivity index (χ1) is 9.63. The lowest BCUT2D eigenvalue weighted by molar-refractivity contribution is 0.0951. The second-order valence-electron chi connectivity index (χ2n) is 4.14. The fourth-order valence-electron chi connectivity index (χ4n) is 1.77. The zero-order chi connectivity index (χ0) is 14.1. The molecule has 20 heavy (non-hydrogen) atoms. The second kappa shape index (κ2) is 5.22. The Morgan fingerprint density at radius 3 is 3.00 bits per heavy atom. The van der Waals surface area contributed by atoms with Crippen LogP contribution in [0.25, 0.3) is 11.0 Å². The lowest BCUT2D eigenvalue weighted by Gasteiger charge is -2.03. The minimum absolute atomic E-state index is 0.262. The summed E-state index contributed by atoms with van der Waals surface area (Å²) in [5.74, 6) is -0.262. The minimum atomic E-state index is -0.288. The molecular weight excluding hydrogens is 344 g/mol. The van der Waals surface area contributed by atoms with E-state index in [1.807, 2.05) is 11.4 Å². The summed E-state index contributed by atoms with van der Waals surface area (Å²) < 4.78 is 1.02. The number of thiophene rings is 1. The van der Waals surface area contributed by atoms with E-state index >= 15 is 0 Å². The number of nitrogens with zero attached hydrogens (tertiary/aromatic N) is 1. The normalized spacial score (nSPS) is 10.8. The smallest absolute Gasteiger partial charge is 0.273 e. The summed E-state index contributed by atoms with van der Waals surface area (Å²) >= 11 is 4.93. The number of halogens is 1. The van der Waals surface area contributed by atoms with Crippen LogP contribution < -0.4 is 10.9 Å². The van der Waals surface area contributed by atoms with Gasteiger partial charge in [0.05, 0.1) is 14.7 Å². The monoisotopic (exact) mass is 352 g/mol. The molecule has 6 nitrogen and oxygen atoms in total. The molecule has 0 unspecified atom stereocenters. The number of hydrogen-bond acceptors (Lipinski definition) is 4. The highest BCUT2D eigenvalue weighted by Crippen LogP contribution is 2.20. The summed E-state index contributed by atoms with van der Waals surface area (Å²) in [6.45, 7) is 0.433. The van der Waals surface area contributed by atoms with E-state index < -0.39 is 0 Å². The summed E-state index contributed by atoms with van der Waals surface area (Å²) in [6, 6.07) is 3.47. The molecule has 3 aromatic heterocycles. The van der Waals surface area contributed by atoms with Crippen molar-refractivity contribution in [1.82, 2.24) is 20.5 Å². The van der Waals surface area contributed by atoms with Crippen molar-refractivity contribution in [1.29, 1.82) is 0 Å². The molecule has 0 saturated heterocycles. The molecule has 8 heteroatoms. The van der Waals surface area contributed by atoms with Crippen molar-refractivity contribution in [2.45, 2.75) is 6.54 Å². The molecule has 3 heterocycles. The number of hydrogen-bond donors (Lipinski definition) is 3. The topological polar surface area (TPSA) is 90.6 Å². The van der Waals surface area contributed by atoms with Crippen molar-refractivity contribution >= 4 is 44.2 Å². The van der Waals surface area contributed by atoms with Gasteiger partial charge in [0.2, 0.25) is 0 Å². The molecule has 0 aliphatic rings. The zero-order valence-corrected chi connectivity index (χ0v) is 12.5. The first kappa shape index (κ1) is 13.1. The van der Waals surface area contributed by atoms with Gasteiger partial charge in [0.25, 0.3) is 11.5 Å². The maximum atomic E-state index is 12.0. The zero-order valence-electron chi connectivity index (χ0n) is 10.1. The van der Waals surface area contributed by atoms with E-state index in [2.05, 4.69) is 36.4 Å². The van der Waals surface area contributed by atoms with Crippen LogP contribution in [0.1, 0.15) is 15.9 Å². The van der Waals surface area contributed by atoms with Crippen LogP contribution in [-0.2, 0) is 6.54 Å². The third-order valence-corrected chi connectivity index (χ3v) is 4.32. The van der Waals surface area contributed by atoms with Crippen LogP contribution in [0.15, 0.2) is 32.3 Å². The van der Waals surface area contributed by atoms with Gasteiger partial charge in [-0.2, -0.15) is 0 Å². The molecule has 0 aromatic carbocycles. The number of pyridine rings is 1. The van der Waals surface area contributed by atoms with Gasteiger partial charge in [-0.15, -0.1) is 11.3 Å². The predicted molar refractivity (Wildman–Crippen MR) is 79.9 cm³/mol. The van der Waals surface area contributed by atoms with E-state index in [1.54, 1.807) is 11.3 Å². The molecule has 3 rings (SSSR count). The number of rotatable bonds is 3. The Kier molecular flexibility index (Phi) is 3.41. The third-order valence-electron chi connectivity index (χ3n) is 2.76. The van der Waals surface area contributed by atoms with E-state index in [9.17, 15) is 9.59 Å². The summed E-state index contributed by atoms with van der Waals surface area (Å²) in [5, 5.41) is 10.2. The standard InChI is InChI=1S/C12H9BrN4O2S/c13-9-1-6(5-20-9)3-15-11(18)7-2-8-10(14-4-7)16-17-12(8)19/h1-2,4-5H,3H2,(H,15,18)(H2,14,16,17,19). The van der Waals surface area contributed by atoms with Crippen LogP contribution in [0, 0.1) is 0 Å². The summed E-state index contributed by atoms with van der Waals surface area (Å²) in [6.07, 6.45) is 1.44. The largest absolute Gasteiger partial charge is 0.348 e. The highest BCUT2D eigenvalue weighted by molar-refractivity contribution is 9.11. The van der Waals surface area contributed by atoms with Crippen LogP contribution in [0.3, 0.4) is 0 Å². The fraction of sp³-hybridized carbons (Fsp3) is 0.0833. The van der Waals surface area contributed by atoms with E-state index in [0.29, 0.717) is 23.1 Å². The fourth-order valence-corrected chi connectivity index (χ4v) is 2.98. The van der Waals surface area contributed by atoms with Crippen molar-refractivity contribution in [2.24, 2.45) is 0 Å². The number of amides is 1. The first-order valence-electron chi connectivity index (χ1n) is 5.71. The van der Waals surface area contributed by atoms with Crippen LogP contribution >= 0.6 is 27.3 Å². The summed E-state index contributed by atoms with van der Waals surface area (Å²) in [7, 11) is 0. The highest BCUT2D eigenvalue weighted by Gasteiger charge is 2.10. The van der Waals surface area contributed by atoms with Crippen LogP contribution in [-0.4, -0.2) is 21.1 Å². The van der Waals surface area contributed by atoms with Crippen LogP contribution in [0.4, 0.5) is 0 Å². The molecule has 1 amide bonds. The van der Waals surface area contributed by atoms with Crippen molar-refractivity contribution in [3.63, 3.8) is 0 Å². The van der Waals surface area contributed by atoms with Crippen LogP contribution in [0.2, 0.25) is 0 Å². The number of fused-ring (bicyclic) bond motifs is 1. The third kappa shape index (κ3) is 2.52. The maximum absolute atomic E-state index is 12.0. The van der Waals surface area contributed by atoms with Gasteiger partial charge in [0, 0.05) is 12.7 Å². The van der Waals surface area contributed by atoms with Crippen molar-refractivity contribution in [2.75, 3.05) is 0 Å². The molecule has 0 aliphatic carbocycles. The van der Waals surface area contributed by atoms with E-state index in [1.165, 1.54) is 12.3 Å². The highest BCUT2D eigenvalue weighted by atomic mass is 79.9. The SMILES string of the molecule is O=C(NCc1csc(Br)c1)c1cnc2[nH][nH]c(=O)c2c1. The molecule has 3 aromatic rings. The van der Waals surface area contributed by atoms with Gasteiger partial charge in [-0.05, 0) is 39.0 Å². The molecule has 102 valence electrons. The molecular formula is C12H9BrN4O2S. The van der Waals surface area contributed by atoms with Gasteiger partial charge in [0.15, 0.2) is 5.65 Å². The lowest BCUT2D eigenvalue weighted by Crippen LogP contribution is -2.22. The molecule has 0 atom stereocenters. The van der Waals surface area contributed by atoms with E-state index in [-0.39, 0.29) is 11.5 Å². The number of carbonyl (C=O) groups excluding carboxylic acids is 1. The van der Waals surface area contributed by atoms with Crippen LogP contribution in [0.5, 0.6) is 0 Å². The number of aromatic amines is 2. The Bertz CT molecular complexity index is 835. The Hall–Kier alpha value is -1.93. The number of nitrogens with one attached hydrogen (secondary N) is 3. The maximum Gasteiger partial charge on any atom is 0.273 e. The Balaban J connectivity index is 1.78. The predicted octanol–water partition coefficient (Wildman–Crippen LogP) is 2.01. The molecule has 0 saturated carbocycles. The molecule has 0 bridgehead atoms. The Morgan fingerprint density at radius 1 is 1.40 bits per heavy atom. The van der Waals surface area contributed by atoms with Gasteiger partial charge in [0.1, 0.15) is 0 Å². The van der Waals surface area contributed by atoms with E-state index in [4.69, 9.17) is 0 Å². The lowest BCUT2D eigenvalue weighted by atomic mass is 10.2. The first-order valence-corrected chi connectivity index (χ1v) is 7.38. The Labute approximate surface area is 125 Å². The molecule has 0 fully saturated rings. The average molecular weight is 353 g/mol. The van der Waals surface area contributed by atoms with Crippen molar-refractivity contribution in [3.8, 4) is 0 Å². The van der Waals surface area contributed by atoms with Gasteiger partial charge < -0.3 is 5.32 Å². The van der Waals surface area contributed by atoms with Gasteiger partial charge in [-0.3, -0.25) is 19.8 Å². The summed E-state index contributed by atoms with van der Waals surface area (Å²) in [4.78, 5) is 27.5. The molecule has 0 radical (unpaired) electrons. The van der Waals surface area contributed by atoms with Gasteiger partial charge >= 0.3 is 0 Å². The van der Waals surface area contributed by atoms with Gasteiger partial charge in [-0.1, -0.05) is 0 Å². The van der Waals surface area contributed by atoms with Crippen molar-refractivity contribution in [3.05, 3.63) is 49.0 Å². The Morgan fingerprint density at radius 2 is 2.25 bits per heavy atom. The molecule has 3 N–H and O–H groups in total. The minimum Gasteiger partial charge on any atom is -0.348 e. The molecule has 0 spiro atoms. The number of carbonyl (C=O) groups is 1.